The number of carbonyl (C=O) groups excluding carboxylic acids is 1. The van der Waals surface area contributed by atoms with Crippen LogP contribution in [0.1, 0.15) is 40.3 Å². The molecule has 1 rings (SSSR count). The molecule has 0 aliphatic heterocycles. The van der Waals surface area contributed by atoms with Crippen LogP contribution in [-0.2, 0) is 10.4 Å². The van der Waals surface area contributed by atoms with Gasteiger partial charge in [-0.1, -0.05) is 31.5 Å². The average molecular weight is 353 g/mol. The molecule has 0 fully saturated rings. The van der Waals surface area contributed by atoms with Gasteiger partial charge in [0.2, 0.25) is 5.91 Å². The van der Waals surface area contributed by atoms with Crippen LogP contribution in [0.2, 0.25) is 0 Å². The lowest BCUT2D eigenvalue weighted by Crippen LogP contribution is -2.19. The van der Waals surface area contributed by atoms with Crippen molar-refractivity contribution in [2.45, 2.75) is 40.2 Å². The first-order chi connectivity index (χ1) is 11.1. The zero-order valence-corrected chi connectivity index (χ0v) is 15.5. The van der Waals surface area contributed by atoms with Gasteiger partial charge in [0.15, 0.2) is 0 Å². The molecule has 0 saturated carbocycles. The van der Waals surface area contributed by atoms with Gasteiger partial charge in [-0.2, -0.15) is 0 Å². The van der Waals surface area contributed by atoms with Crippen molar-refractivity contribution < 1.29 is 9.90 Å². The van der Waals surface area contributed by atoms with E-state index in [1.54, 1.807) is 39.0 Å². The summed E-state index contributed by atoms with van der Waals surface area (Å²) >= 11 is 5.82. The molecular weight excluding hydrogens is 328 g/mol. The van der Waals surface area contributed by atoms with Gasteiger partial charge in [-0.15, -0.1) is 0 Å². The molecule has 1 amide bonds. The standard InChI is InChI=1S/C15H19ClN4O2.C2H6/c1-9(14(17)21)10(8-12(16)18-4)19-13-7-5-6-11(20-13)15(2,3)22;1-2/h5-8,22H,4H2,1-3H3,(H2,17,21)(H,19,20);1-2H3/b10-9-,12-8-;. The molecule has 7 heteroatoms. The average Bonchev–Trinajstić information content (AvgIpc) is 2.54. The number of aliphatic imine (C=N–C) groups is 1. The van der Waals surface area contributed by atoms with E-state index in [0.29, 0.717) is 17.2 Å². The third-order valence-electron chi connectivity index (χ3n) is 2.83. The lowest BCUT2D eigenvalue weighted by molar-refractivity contribution is -0.114. The molecule has 0 aromatic carbocycles. The van der Waals surface area contributed by atoms with E-state index in [1.807, 2.05) is 13.8 Å². The number of nitrogens with zero attached hydrogens (tertiary/aromatic N) is 2. The largest absolute Gasteiger partial charge is 0.384 e. The highest BCUT2D eigenvalue weighted by atomic mass is 35.5. The Kier molecular flexibility index (Phi) is 8.95. The van der Waals surface area contributed by atoms with Gasteiger partial charge in [0, 0.05) is 5.57 Å². The number of aromatic nitrogens is 1. The Morgan fingerprint density at radius 1 is 1.46 bits per heavy atom. The van der Waals surface area contributed by atoms with Crippen LogP contribution in [0.5, 0.6) is 0 Å². The van der Waals surface area contributed by atoms with Crippen LogP contribution in [0.3, 0.4) is 0 Å². The van der Waals surface area contributed by atoms with E-state index in [9.17, 15) is 9.90 Å². The summed E-state index contributed by atoms with van der Waals surface area (Å²) in [7, 11) is 0. The molecule has 1 aromatic heterocycles. The summed E-state index contributed by atoms with van der Waals surface area (Å²) in [6.07, 6.45) is 1.42. The molecule has 6 nitrogen and oxygen atoms in total. The van der Waals surface area contributed by atoms with Gasteiger partial charge in [0.25, 0.3) is 0 Å². The van der Waals surface area contributed by atoms with Gasteiger partial charge in [-0.3, -0.25) is 9.79 Å². The molecule has 0 atom stereocenters. The molecule has 4 N–H and O–H groups in total. The molecule has 1 heterocycles. The predicted molar refractivity (Wildman–Crippen MR) is 99.8 cm³/mol. The van der Waals surface area contributed by atoms with Gasteiger partial charge < -0.3 is 16.2 Å². The van der Waals surface area contributed by atoms with Crippen LogP contribution in [0.25, 0.3) is 0 Å². The van der Waals surface area contributed by atoms with Crippen molar-refractivity contribution in [2.75, 3.05) is 5.32 Å². The summed E-state index contributed by atoms with van der Waals surface area (Å²) < 4.78 is 0. The van der Waals surface area contributed by atoms with E-state index in [2.05, 4.69) is 22.0 Å². The minimum atomic E-state index is -1.09. The van der Waals surface area contributed by atoms with Gasteiger partial charge in [-0.25, -0.2) is 4.98 Å². The number of amides is 1. The molecule has 1 aromatic rings. The number of primary amides is 1. The van der Waals surface area contributed by atoms with Crippen molar-refractivity contribution in [1.29, 1.82) is 0 Å². The summed E-state index contributed by atoms with van der Waals surface area (Å²) in [6.45, 7) is 12.1. The summed E-state index contributed by atoms with van der Waals surface area (Å²) in [5.74, 6) is -0.175. The maximum absolute atomic E-state index is 11.4. The van der Waals surface area contributed by atoms with Crippen LogP contribution < -0.4 is 11.1 Å². The van der Waals surface area contributed by atoms with E-state index in [-0.39, 0.29) is 10.7 Å². The van der Waals surface area contributed by atoms with Crippen LogP contribution in [-0.4, -0.2) is 22.7 Å². The number of hydrogen-bond donors (Lipinski definition) is 3. The normalized spacial score (nSPS) is 12.5. The maximum atomic E-state index is 11.4. The Morgan fingerprint density at radius 3 is 2.50 bits per heavy atom. The Morgan fingerprint density at radius 2 is 2.04 bits per heavy atom. The Bertz CT molecular complexity index is 646. The molecule has 24 heavy (non-hydrogen) atoms. The Hall–Kier alpha value is -2.18. The lowest BCUT2D eigenvalue weighted by Gasteiger charge is -2.18. The number of carbonyl (C=O) groups is 1. The number of aliphatic hydroxyl groups is 1. The van der Waals surface area contributed by atoms with Gasteiger partial charge in [0.05, 0.1) is 11.4 Å². The molecule has 132 valence electrons. The number of anilines is 1. The first-order valence-electron chi connectivity index (χ1n) is 7.46. The molecular formula is C17H25ClN4O2. The molecule has 0 saturated heterocycles. The second kappa shape index (κ2) is 9.85. The number of hydrogen-bond acceptors (Lipinski definition) is 5. The fourth-order valence-corrected chi connectivity index (χ4v) is 1.63. The highest BCUT2D eigenvalue weighted by Crippen LogP contribution is 2.21. The van der Waals surface area contributed by atoms with Crippen molar-refractivity contribution in [3.05, 3.63) is 46.4 Å². The topological polar surface area (TPSA) is 101 Å². The zero-order valence-electron chi connectivity index (χ0n) is 14.7. The second-order valence-corrected chi connectivity index (χ2v) is 5.51. The van der Waals surface area contributed by atoms with E-state index in [0.717, 1.165) is 0 Å². The van der Waals surface area contributed by atoms with Crippen LogP contribution in [0, 0.1) is 0 Å². The third-order valence-corrected chi connectivity index (χ3v) is 3.06. The Labute approximate surface area is 148 Å². The quantitative estimate of drug-likeness (QED) is 0.316. The molecule has 0 spiro atoms. The summed E-state index contributed by atoms with van der Waals surface area (Å²) in [5, 5.41) is 13.0. The first-order valence-corrected chi connectivity index (χ1v) is 7.84. The van der Waals surface area contributed by atoms with E-state index in [1.165, 1.54) is 6.08 Å². The lowest BCUT2D eigenvalue weighted by atomic mass is 10.1. The maximum Gasteiger partial charge on any atom is 0.246 e. The summed E-state index contributed by atoms with van der Waals surface area (Å²) in [6, 6.07) is 5.12. The summed E-state index contributed by atoms with van der Waals surface area (Å²) in [5.41, 5.74) is 5.30. The predicted octanol–water partition coefficient (Wildman–Crippen LogP) is 3.29. The minimum absolute atomic E-state index is 0.0988. The van der Waals surface area contributed by atoms with Crippen LogP contribution in [0.15, 0.2) is 45.7 Å². The van der Waals surface area contributed by atoms with E-state index >= 15 is 0 Å². The number of nitrogens with one attached hydrogen (secondary N) is 1. The van der Waals surface area contributed by atoms with Crippen molar-refractivity contribution in [2.24, 2.45) is 10.7 Å². The molecule has 0 aliphatic rings. The zero-order chi connectivity index (χ0) is 18.9. The van der Waals surface area contributed by atoms with E-state index in [4.69, 9.17) is 17.3 Å². The Balaban J connectivity index is 0.00000254. The fourth-order valence-electron chi connectivity index (χ4n) is 1.52. The number of halogens is 1. The smallest absolute Gasteiger partial charge is 0.246 e. The van der Waals surface area contributed by atoms with Gasteiger partial charge in [-0.05, 0) is 45.7 Å². The highest BCUT2D eigenvalue weighted by molar-refractivity contribution is 6.29. The third kappa shape index (κ3) is 6.93. The van der Waals surface area contributed by atoms with Crippen molar-refractivity contribution in [3.63, 3.8) is 0 Å². The van der Waals surface area contributed by atoms with Gasteiger partial charge in [0.1, 0.15) is 16.6 Å². The van der Waals surface area contributed by atoms with Gasteiger partial charge >= 0.3 is 0 Å². The SMILES string of the molecule is C=N/C(Cl)=C\C(Nc1cccc(C(C)(C)O)n1)=C(/C)C(N)=O.CC. The monoisotopic (exact) mass is 352 g/mol. The highest BCUT2D eigenvalue weighted by Gasteiger charge is 2.18. The fraction of sp³-hybridized carbons (Fsp3) is 0.353. The van der Waals surface area contributed by atoms with Crippen LogP contribution >= 0.6 is 11.6 Å². The molecule has 0 bridgehead atoms. The minimum Gasteiger partial charge on any atom is -0.384 e. The number of allylic oxidation sites excluding steroid dienone is 1. The van der Waals surface area contributed by atoms with Crippen molar-refractivity contribution in [1.82, 2.24) is 4.98 Å². The number of pyridine rings is 1. The molecule has 0 radical (unpaired) electrons. The van der Waals surface area contributed by atoms with Crippen LogP contribution in [0.4, 0.5) is 5.82 Å². The number of nitrogens with two attached hydrogens (primary N) is 1. The molecule has 0 aliphatic carbocycles. The molecule has 0 unspecified atom stereocenters. The summed E-state index contributed by atoms with van der Waals surface area (Å²) in [4.78, 5) is 19.2. The van der Waals surface area contributed by atoms with E-state index < -0.39 is 11.5 Å². The van der Waals surface area contributed by atoms with Crippen molar-refractivity contribution in [3.8, 4) is 0 Å². The number of rotatable bonds is 6. The van der Waals surface area contributed by atoms with Crippen molar-refractivity contribution >= 4 is 30.0 Å². The second-order valence-electron chi connectivity index (χ2n) is 5.12. The first kappa shape index (κ1) is 21.8.